The number of carbonyl (C=O) groups excluding carboxylic acids is 2. The van der Waals surface area contributed by atoms with E-state index in [9.17, 15) is 18.0 Å². The SMILES string of the molecule is CC(=O)N1CCN(S(=O)(=O)c2cccc(C(=O)OCc3nnc(-c4ccccc4)o3)c2)CC1. The third kappa shape index (κ3) is 5.10. The Morgan fingerprint density at radius 2 is 1.73 bits per heavy atom. The number of piperazine rings is 1. The van der Waals surface area contributed by atoms with Gasteiger partial charge in [0, 0.05) is 38.7 Å². The summed E-state index contributed by atoms with van der Waals surface area (Å²) < 4.78 is 38.0. The summed E-state index contributed by atoms with van der Waals surface area (Å²) in [5, 5.41) is 7.80. The summed E-state index contributed by atoms with van der Waals surface area (Å²) in [6, 6.07) is 14.8. The molecule has 1 aliphatic heterocycles. The minimum absolute atomic E-state index is 0.0163. The van der Waals surface area contributed by atoms with E-state index < -0.39 is 16.0 Å². The fourth-order valence-electron chi connectivity index (χ4n) is 3.40. The van der Waals surface area contributed by atoms with E-state index in [4.69, 9.17) is 9.15 Å². The highest BCUT2D eigenvalue weighted by Crippen LogP contribution is 2.20. The molecule has 0 saturated carbocycles. The minimum Gasteiger partial charge on any atom is -0.452 e. The van der Waals surface area contributed by atoms with Crippen molar-refractivity contribution in [2.75, 3.05) is 26.2 Å². The van der Waals surface area contributed by atoms with Crippen LogP contribution in [-0.2, 0) is 26.2 Å². The Morgan fingerprint density at radius 3 is 2.42 bits per heavy atom. The van der Waals surface area contributed by atoms with Crippen molar-refractivity contribution in [3.8, 4) is 11.5 Å². The second kappa shape index (κ2) is 9.51. The maximum Gasteiger partial charge on any atom is 0.338 e. The minimum atomic E-state index is -3.81. The van der Waals surface area contributed by atoms with Gasteiger partial charge in [-0.25, -0.2) is 13.2 Å². The second-order valence-electron chi connectivity index (χ2n) is 7.38. The van der Waals surface area contributed by atoms with Crippen LogP contribution >= 0.6 is 0 Å². The van der Waals surface area contributed by atoms with Gasteiger partial charge >= 0.3 is 5.97 Å². The Morgan fingerprint density at radius 1 is 1.00 bits per heavy atom. The van der Waals surface area contributed by atoms with Crippen molar-refractivity contribution in [3.05, 3.63) is 66.1 Å². The van der Waals surface area contributed by atoms with Gasteiger partial charge in [0.2, 0.25) is 21.8 Å². The van der Waals surface area contributed by atoms with Gasteiger partial charge in [-0.3, -0.25) is 4.79 Å². The Bertz CT molecular complexity index is 1250. The van der Waals surface area contributed by atoms with E-state index in [2.05, 4.69) is 10.2 Å². The molecule has 0 spiro atoms. The summed E-state index contributed by atoms with van der Waals surface area (Å²) in [6.45, 7) is 2.24. The number of benzene rings is 2. The van der Waals surface area contributed by atoms with Crippen LogP contribution < -0.4 is 0 Å². The molecule has 1 aromatic heterocycles. The van der Waals surface area contributed by atoms with Crippen molar-refractivity contribution < 1.29 is 27.2 Å². The molecule has 1 fully saturated rings. The predicted molar refractivity (Wildman–Crippen MR) is 116 cm³/mol. The average Bonchev–Trinajstić information content (AvgIpc) is 3.32. The summed E-state index contributed by atoms with van der Waals surface area (Å²) in [6.07, 6.45) is 0. The van der Waals surface area contributed by atoms with Gasteiger partial charge in [-0.1, -0.05) is 24.3 Å². The van der Waals surface area contributed by atoms with Crippen LogP contribution in [-0.4, -0.2) is 65.9 Å². The maximum atomic E-state index is 13.0. The number of sulfonamides is 1. The molecule has 2 aromatic carbocycles. The molecule has 1 aliphatic rings. The molecule has 0 radical (unpaired) electrons. The molecule has 3 aromatic rings. The smallest absolute Gasteiger partial charge is 0.338 e. The number of hydrogen-bond acceptors (Lipinski definition) is 8. The van der Waals surface area contributed by atoms with Gasteiger partial charge in [0.05, 0.1) is 10.5 Å². The quantitative estimate of drug-likeness (QED) is 0.501. The van der Waals surface area contributed by atoms with Crippen LogP contribution in [0.15, 0.2) is 63.9 Å². The molecule has 1 amide bonds. The third-order valence-electron chi connectivity index (χ3n) is 5.21. The molecule has 11 heteroatoms. The van der Waals surface area contributed by atoms with E-state index in [1.807, 2.05) is 30.3 Å². The highest BCUT2D eigenvalue weighted by molar-refractivity contribution is 7.89. The molecule has 33 heavy (non-hydrogen) atoms. The number of ether oxygens (including phenoxy) is 1. The lowest BCUT2D eigenvalue weighted by Crippen LogP contribution is -2.49. The molecule has 172 valence electrons. The average molecular weight is 471 g/mol. The highest BCUT2D eigenvalue weighted by atomic mass is 32.2. The number of rotatable bonds is 6. The molecule has 10 nitrogen and oxygen atoms in total. The number of aromatic nitrogens is 2. The molecular weight excluding hydrogens is 448 g/mol. The molecule has 0 unspecified atom stereocenters. The Balaban J connectivity index is 1.41. The van der Waals surface area contributed by atoms with E-state index in [-0.39, 0.29) is 42.0 Å². The Labute approximate surface area is 190 Å². The lowest BCUT2D eigenvalue weighted by atomic mass is 10.2. The third-order valence-corrected chi connectivity index (χ3v) is 7.10. The zero-order valence-electron chi connectivity index (χ0n) is 17.9. The zero-order valence-corrected chi connectivity index (χ0v) is 18.7. The van der Waals surface area contributed by atoms with Crippen LogP contribution in [0.2, 0.25) is 0 Å². The first-order valence-corrected chi connectivity index (χ1v) is 11.7. The fraction of sp³-hybridized carbons (Fsp3) is 0.273. The summed E-state index contributed by atoms with van der Waals surface area (Å²) >= 11 is 0. The van der Waals surface area contributed by atoms with Gasteiger partial charge in [-0.15, -0.1) is 10.2 Å². The fourth-order valence-corrected chi connectivity index (χ4v) is 4.86. The van der Waals surface area contributed by atoms with Crippen LogP contribution in [0.25, 0.3) is 11.5 Å². The highest BCUT2D eigenvalue weighted by Gasteiger charge is 2.29. The lowest BCUT2D eigenvalue weighted by Gasteiger charge is -2.33. The standard InChI is InChI=1S/C22H22N4O6S/c1-16(27)25-10-12-26(13-11-25)33(29,30)19-9-5-8-18(14-19)22(28)31-15-20-23-24-21(32-20)17-6-3-2-4-7-17/h2-9,14H,10-13,15H2,1H3. The first-order valence-electron chi connectivity index (χ1n) is 10.3. The molecule has 0 aliphatic carbocycles. The molecule has 0 atom stereocenters. The van der Waals surface area contributed by atoms with E-state index in [0.29, 0.717) is 19.0 Å². The van der Waals surface area contributed by atoms with Gasteiger partial charge in [-0.05, 0) is 30.3 Å². The normalized spacial score (nSPS) is 14.8. The monoisotopic (exact) mass is 470 g/mol. The van der Waals surface area contributed by atoms with Gasteiger partial charge in [0.1, 0.15) is 0 Å². The van der Waals surface area contributed by atoms with E-state index >= 15 is 0 Å². The number of hydrogen-bond donors (Lipinski definition) is 0. The molecule has 1 saturated heterocycles. The van der Waals surface area contributed by atoms with Crippen LogP contribution in [0.3, 0.4) is 0 Å². The van der Waals surface area contributed by atoms with Gasteiger partial charge in [0.15, 0.2) is 6.61 Å². The Kier molecular flexibility index (Phi) is 6.52. The summed E-state index contributed by atoms with van der Waals surface area (Å²) in [5.41, 5.74) is 0.825. The molecule has 0 N–H and O–H groups in total. The maximum absolute atomic E-state index is 13.0. The zero-order chi connectivity index (χ0) is 23.4. The Hall–Kier alpha value is -3.57. The van der Waals surface area contributed by atoms with Crippen molar-refractivity contribution in [3.63, 3.8) is 0 Å². The van der Waals surface area contributed by atoms with Crippen molar-refractivity contribution in [2.45, 2.75) is 18.4 Å². The first-order chi connectivity index (χ1) is 15.8. The van der Waals surface area contributed by atoms with Crippen molar-refractivity contribution in [1.29, 1.82) is 0 Å². The van der Waals surface area contributed by atoms with Crippen LogP contribution in [0.5, 0.6) is 0 Å². The van der Waals surface area contributed by atoms with E-state index in [1.165, 1.54) is 35.5 Å². The van der Waals surface area contributed by atoms with Crippen LogP contribution in [0.4, 0.5) is 0 Å². The predicted octanol–water partition coefficient (Wildman–Crippen LogP) is 1.95. The second-order valence-corrected chi connectivity index (χ2v) is 9.32. The molecule has 2 heterocycles. The van der Waals surface area contributed by atoms with Crippen LogP contribution in [0, 0.1) is 0 Å². The topological polar surface area (TPSA) is 123 Å². The number of amides is 1. The summed E-state index contributed by atoms with van der Waals surface area (Å²) in [5.74, 6) is -0.379. The van der Waals surface area contributed by atoms with Crippen LogP contribution in [0.1, 0.15) is 23.2 Å². The van der Waals surface area contributed by atoms with Crippen molar-refractivity contribution in [2.24, 2.45) is 0 Å². The number of esters is 1. The van der Waals surface area contributed by atoms with Crippen molar-refractivity contribution >= 4 is 21.9 Å². The molecule has 0 bridgehead atoms. The first kappa shape index (κ1) is 22.6. The van der Waals surface area contributed by atoms with E-state index in [0.717, 1.165) is 5.56 Å². The lowest BCUT2D eigenvalue weighted by molar-refractivity contribution is -0.129. The number of nitrogens with zero attached hydrogens (tertiary/aromatic N) is 4. The van der Waals surface area contributed by atoms with E-state index in [1.54, 1.807) is 4.90 Å². The van der Waals surface area contributed by atoms with Gasteiger partial charge in [-0.2, -0.15) is 4.31 Å². The summed E-state index contributed by atoms with van der Waals surface area (Å²) in [7, 11) is -3.81. The number of carbonyl (C=O) groups is 2. The molecular formula is C22H22N4O6S. The van der Waals surface area contributed by atoms with Gasteiger partial charge < -0.3 is 14.1 Å². The van der Waals surface area contributed by atoms with Gasteiger partial charge in [0.25, 0.3) is 5.89 Å². The summed E-state index contributed by atoms with van der Waals surface area (Å²) in [4.78, 5) is 25.6. The largest absolute Gasteiger partial charge is 0.452 e. The molecule has 4 rings (SSSR count). The van der Waals surface area contributed by atoms with Crippen molar-refractivity contribution in [1.82, 2.24) is 19.4 Å².